The van der Waals surface area contributed by atoms with Crippen molar-refractivity contribution < 1.29 is 9.84 Å². The molecule has 158 valence electrons. The van der Waals surface area contributed by atoms with Gasteiger partial charge in [0, 0.05) is 10.7 Å². The predicted molar refractivity (Wildman–Crippen MR) is 129 cm³/mol. The van der Waals surface area contributed by atoms with Crippen LogP contribution in [0.3, 0.4) is 0 Å². The summed E-state index contributed by atoms with van der Waals surface area (Å²) in [6, 6.07) is 25.2. The van der Waals surface area contributed by atoms with Gasteiger partial charge < -0.3 is 9.84 Å². The van der Waals surface area contributed by atoms with E-state index >= 15 is 0 Å². The lowest BCUT2D eigenvalue weighted by Gasteiger charge is -2.35. The minimum absolute atomic E-state index is 0.0248. The van der Waals surface area contributed by atoms with Crippen LogP contribution >= 0.6 is 8.58 Å². The lowest BCUT2D eigenvalue weighted by Crippen LogP contribution is -2.24. The highest BCUT2D eigenvalue weighted by molar-refractivity contribution is 7.48. The summed E-state index contributed by atoms with van der Waals surface area (Å²) in [7, 11) is 0.559. The molecular weight excluding hydrogens is 387 g/mol. The van der Waals surface area contributed by atoms with E-state index in [4.69, 9.17) is 4.74 Å². The van der Waals surface area contributed by atoms with Crippen molar-refractivity contribution in [2.45, 2.75) is 58.4 Å². The number of hydrogen-bond acceptors (Lipinski definition) is 2. The van der Waals surface area contributed by atoms with Gasteiger partial charge in [-0.15, -0.1) is 0 Å². The second-order valence-corrected chi connectivity index (χ2v) is 9.70. The normalized spacial score (nSPS) is 13.0. The van der Waals surface area contributed by atoms with Crippen LogP contribution in [0, 0.1) is 6.92 Å². The third-order valence-electron chi connectivity index (χ3n) is 5.88. The molecule has 0 saturated heterocycles. The van der Waals surface area contributed by atoms with E-state index in [0.29, 0.717) is 15.2 Å². The average Bonchev–Trinajstić information content (AvgIpc) is 2.77. The highest BCUT2D eigenvalue weighted by Crippen LogP contribution is 2.51. The van der Waals surface area contributed by atoms with Crippen molar-refractivity contribution in [2.75, 3.05) is 0 Å². The second kappa shape index (κ2) is 10.2. The molecule has 0 spiro atoms. The first-order valence-corrected chi connectivity index (χ1v) is 11.8. The van der Waals surface area contributed by atoms with Crippen LogP contribution in [0.15, 0.2) is 72.8 Å². The van der Waals surface area contributed by atoms with E-state index in [-0.39, 0.29) is 5.16 Å². The van der Waals surface area contributed by atoms with Gasteiger partial charge in [-0.2, -0.15) is 0 Å². The maximum absolute atomic E-state index is 10.3. The number of ether oxygens (including phenoxy) is 1. The Labute approximate surface area is 183 Å². The van der Waals surface area contributed by atoms with Crippen LogP contribution in [0.25, 0.3) is 0 Å². The standard InChI is InChI=1S/C27H33O2P/c1-5-27(6-2,30-26-15-11-10-14-23(26)21(4)28)24-18-20(3)16-17-25(24)29-19-22-12-8-7-9-13-22/h7-18,21,28,30H,5-6,19H2,1-4H3. The minimum Gasteiger partial charge on any atom is -0.489 e. The zero-order valence-electron chi connectivity index (χ0n) is 18.5. The maximum atomic E-state index is 10.3. The molecule has 2 nitrogen and oxygen atoms in total. The quantitative estimate of drug-likeness (QED) is 0.393. The van der Waals surface area contributed by atoms with Crippen LogP contribution in [-0.4, -0.2) is 5.11 Å². The molecule has 1 N–H and O–H groups in total. The van der Waals surface area contributed by atoms with Gasteiger partial charge in [-0.1, -0.05) is 94.7 Å². The summed E-state index contributed by atoms with van der Waals surface area (Å²) < 4.78 is 6.36. The molecule has 3 heteroatoms. The smallest absolute Gasteiger partial charge is 0.123 e. The largest absolute Gasteiger partial charge is 0.489 e. The number of benzene rings is 3. The van der Waals surface area contributed by atoms with Gasteiger partial charge in [-0.25, -0.2) is 0 Å². The molecule has 0 radical (unpaired) electrons. The lowest BCUT2D eigenvalue weighted by atomic mass is 9.90. The molecule has 0 fully saturated rings. The van der Waals surface area contributed by atoms with E-state index in [1.54, 1.807) is 0 Å². The molecule has 0 aliphatic heterocycles. The van der Waals surface area contributed by atoms with Crippen molar-refractivity contribution in [3.8, 4) is 5.75 Å². The lowest BCUT2D eigenvalue weighted by molar-refractivity contribution is 0.200. The first-order chi connectivity index (χ1) is 14.5. The molecule has 2 unspecified atom stereocenters. The number of aliphatic hydroxyl groups excluding tert-OH is 1. The molecule has 0 bridgehead atoms. The van der Waals surface area contributed by atoms with E-state index in [1.165, 1.54) is 22.0 Å². The number of aryl methyl sites for hydroxylation is 1. The molecular formula is C27H33O2P. The van der Waals surface area contributed by atoms with Crippen LogP contribution in [0.2, 0.25) is 0 Å². The molecule has 30 heavy (non-hydrogen) atoms. The Morgan fingerprint density at radius 2 is 1.60 bits per heavy atom. The Morgan fingerprint density at radius 1 is 0.933 bits per heavy atom. The van der Waals surface area contributed by atoms with Crippen LogP contribution < -0.4 is 10.0 Å². The second-order valence-electron chi connectivity index (χ2n) is 7.95. The summed E-state index contributed by atoms with van der Waals surface area (Å²) in [5.41, 5.74) is 4.73. The van der Waals surface area contributed by atoms with E-state index in [0.717, 1.165) is 24.2 Å². The summed E-state index contributed by atoms with van der Waals surface area (Å²) in [5, 5.41) is 11.5. The van der Waals surface area contributed by atoms with E-state index < -0.39 is 6.10 Å². The van der Waals surface area contributed by atoms with Crippen molar-refractivity contribution in [3.05, 3.63) is 95.1 Å². The molecule has 2 atom stereocenters. The Morgan fingerprint density at radius 3 is 2.27 bits per heavy atom. The fourth-order valence-corrected chi connectivity index (χ4v) is 5.80. The van der Waals surface area contributed by atoms with Gasteiger partial charge in [0.15, 0.2) is 0 Å². The number of hydrogen-bond donors (Lipinski definition) is 1. The summed E-state index contributed by atoms with van der Waals surface area (Å²) in [6.07, 6.45) is 1.56. The number of rotatable bonds is 9. The van der Waals surface area contributed by atoms with Crippen molar-refractivity contribution in [2.24, 2.45) is 0 Å². The van der Waals surface area contributed by atoms with Gasteiger partial charge in [0.2, 0.25) is 0 Å². The van der Waals surface area contributed by atoms with Crippen LogP contribution in [0.5, 0.6) is 5.75 Å². The molecule has 3 aromatic rings. The topological polar surface area (TPSA) is 29.5 Å². The first-order valence-electron chi connectivity index (χ1n) is 10.8. The molecule has 0 aliphatic rings. The number of aliphatic hydroxyl groups is 1. The first kappa shape index (κ1) is 22.5. The zero-order valence-corrected chi connectivity index (χ0v) is 19.5. The van der Waals surface area contributed by atoms with Crippen molar-refractivity contribution in [1.82, 2.24) is 0 Å². The summed E-state index contributed by atoms with van der Waals surface area (Å²) >= 11 is 0. The van der Waals surface area contributed by atoms with Crippen molar-refractivity contribution >= 4 is 13.9 Å². The Bertz CT molecular complexity index is 946. The monoisotopic (exact) mass is 420 g/mol. The highest BCUT2D eigenvalue weighted by atomic mass is 31.1. The molecule has 0 saturated carbocycles. The van der Waals surface area contributed by atoms with Gasteiger partial charge in [0.25, 0.3) is 0 Å². The molecule has 0 amide bonds. The SMILES string of the molecule is CCC(CC)(Pc1ccccc1C(C)O)c1cc(C)ccc1OCc1ccccc1. The van der Waals surface area contributed by atoms with Crippen LogP contribution in [0.4, 0.5) is 0 Å². The molecule has 0 aromatic heterocycles. The Hall–Kier alpha value is -2.15. The molecule has 3 aromatic carbocycles. The van der Waals surface area contributed by atoms with Gasteiger partial charge >= 0.3 is 0 Å². The third kappa shape index (κ3) is 5.12. The third-order valence-corrected chi connectivity index (χ3v) is 8.06. The minimum atomic E-state index is -0.466. The van der Waals surface area contributed by atoms with Gasteiger partial charge in [-0.05, 0) is 49.2 Å². The van der Waals surface area contributed by atoms with Gasteiger partial charge in [-0.3, -0.25) is 0 Å². The van der Waals surface area contributed by atoms with Gasteiger partial charge in [0.1, 0.15) is 12.4 Å². The van der Waals surface area contributed by atoms with Crippen molar-refractivity contribution in [3.63, 3.8) is 0 Å². The fraction of sp³-hybridized carbons (Fsp3) is 0.333. The summed E-state index contributed by atoms with van der Waals surface area (Å²) in [5.74, 6) is 0.968. The Balaban J connectivity index is 2.00. The van der Waals surface area contributed by atoms with E-state index in [9.17, 15) is 5.11 Å². The van der Waals surface area contributed by atoms with Gasteiger partial charge in [0.05, 0.1) is 6.10 Å². The summed E-state index contributed by atoms with van der Waals surface area (Å²) in [6.45, 7) is 9.10. The Kier molecular flexibility index (Phi) is 7.69. The van der Waals surface area contributed by atoms with Crippen LogP contribution in [0.1, 0.15) is 62.0 Å². The highest BCUT2D eigenvalue weighted by Gasteiger charge is 2.33. The zero-order chi connectivity index (χ0) is 21.6. The molecule has 3 rings (SSSR count). The van der Waals surface area contributed by atoms with Crippen molar-refractivity contribution in [1.29, 1.82) is 0 Å². The van der Waals surface area contributed by atoms with Crippen LogP contribution in [-0.2, 0) is 11.8 Å². The summed E-state index contributed by atoms with van der Waals surface area (Å²) in [4.78, 5) is 0. The average molecular weight is 421 g/mol. The molecule has 0 heterocycles. The molecule has 0 aliphatic carbocycles. The fourth-order valence-electron chi connectivity index (χ4n) is 3.99. The van der Waals surface area contributed by atoms with E-state index in [1.807, 2.05) is 37.3 Å². The predicted octanol–water partition coefficient (Wildman–Crippen LogP) is 6.65. The maximum Gasteiger partial charge on any atom is 0.123 e. The van der Waals surface area contributed by atoms with E-state index in [2.05, 4.69) is 63.2 Å².